The molecule has 0 amide bonds. The van der Waals surface area contributed by atoms with Gasteiger partial charge in [-0.3, -0.25) is 4.90 Å². The molecule has 1 saturated heterocycles. The van der Waals surface area contributed by atoms with Crippen LogP contribution in [0.4, 0.5) is 0 Å². The lowest BCUT2D eigenvalue weighted by Gasteiger charge is -2.26. The van der Waals surface area contributed by atoms with Gasteiger partial charge in [0.15, 0.2) is 5.96 Å². The molecule has 1 unspecified atom stereocenters. The molecule has 2 heterocycles. The lowest BCUT2D eigenvalue weighted by molar-refractivity contribution is 0.133. The molecule has 1 aliphatic rings. The van der Waals surface area contributed by atoms with Gasteiger partial charge < -0.3 is 19.8 Å². The number of hydrogen-bond acceptors (Lipinski definition) is 4. The van der Waals surface area contributed by atoms with Gasteiger partial charge in [0.1, 0.15) is 5.76 Å². The minimum absolute atomic E-state index is 0. The van der Waals surface area contributed by atoms with E-state index in [4.69, 9.17) is 14.1 Å². The average molecular weight is 526 g/mol. The highest BCUT2D eigenvalue weighted by atomic mass is 127. The van der Waals surface area contributed by atoms with Crippen LogP contribution in [0.25, 0.3) is 0 Å². The standard InChI is InChI=1S/C23H34N4O2.HI/c1-3-24-23(25-16-19-10-5-6-11-20(19)18-28-4-2)26-17-21(22-12-9-15-29-22)27-13-7-8-14-27;/h5-6,9-12,15,21H,3-4,7-8,13-14,16-18H2,1-2H3,(H2,24,25,26);1H. The van der Waals surface area contributed by atoms with Crippen molar-refractivity contribution < 1.29 is 9.15 Å². The van der Waals surface area contributed by atoms with Crippen LogP contribution in [0.15, 0.2) is 52.1 Å². The van der Waals surface area contributed by atoms with Crippen molar-refractivity contribution in [1.29, 1.82) is 0 Å². The van der Waals surface area contributed by atoms with Crippen molar-refractivity contribution in [2.75, 3.05) is 32.8 Å². The number of halogens is 1. The third-order valence-corrected chi connectivity index (χ3v) is 5.25. The van der Waals surface area contributed by atoms with Crippen molar-refractivity contribution in [2.24, 2.45) is 4.99 Å². The summed E-state index contributed by atoms with van der Waals surface area (Å²) in [6.07, 6.45) is 4.26. The van der Waals surface area contributed by atoms with E-state index in [1.807, 2.05) is 13.0 Å². The third-order valence-electron chi connectivity index (χ3n) is 5.25. The maximum absolute atomic E-state index is 5.73. The molecule has 3 rings (SSSR count). The topological polar surface area (TPSA) is 62.0 Å². The summed E-state index contributed by atoms with van der Waals surface area (Å²) >= 11 is 0. The number of rotatable bonds is 10. The van der Waals surface area contributed by atoms with E-state index in [1.165, 1.54) is 24.0 Å². The number of ether oxygens (including phenoxy) is 1. The summed E-state index contributed by atoms with van der Waals surface area (Å²) in [5.74, 6) is 1.84. The summed E-state index contributed by atoms with van der Waals surface area (Å²) in [5, 5.41) is 6.89. The minimum Gasteiger partial charge on any atom is -0.468 e. The highest BCUT2D eigenvalue weighted by molar-refractivity contribution is 14.0. The van der Waals surface area contributed by atoms with Crippen LogP contribution < -0.4 is 10.6 Å². The molecule has 0 bridgehead atoms. The number of aliphatic imine (C=N–C) groups is 1. The number of benzene rings is 1. The van der Waals surface area contributed by atoms with Crippen LogP contribution in [0.1, 0.15) is 49.6 Å². The zero-order chi connectivity index (χ0) is 20.3. The van der Waals surface area contributed by atoms with Gasteiger partial charge in [0, 0.05) is 19.7 Å². The summed E-state index contributed by atoms with van der Waals surface area (Å²) in [5.41, 5.74) is 2.39. The van der Waals surface area contributed by atoms with Gasteiger partial charge in [-0.05, 0) is 63.0 Å². The van der Waals surface area contributed by atoms with Crippen molar-refractivity contribution in [3.8, 4) is 0 Å². The van der Waals surface area contributed by atoms with E-state index in [0.29, 0.717) is 19.8 Å². The molecule has 6 nitrogen and oxygen atoms in total. The number of hydrogen-bond donors (Lipinski definition) is 2. The summed E-state index contributed by atoms with van der Waals surface area (Å²) < 4.78 is 11.3. The van der Waals surface area contributed by atoms with E-state index in [-0.39, 0.29) is 30.0 Å². The highest BCUT2D eigenvalue weighted by Gasteiger charge is 2.25. The summed E-state index contributed by atoms with van der Waals surface area (Å²) in [6, 6.07) is 12.6. The van der Waals surface area contributed by atoms with Crippen molar-refractivity contribution in [1.82, 2.24) is 15.5 Å². The van der Waals surface area contributed by atoms with E-state index in [2.05, 4.69) is 52.8 Å². The quantitative estimate of drug-likeness (QED) is 0.274. The van der Waals surface area contributed by atoms with Crippen molar-refractivity contribution in [2.45, 2.75) is 45.9 Å². The molecule has 30 heavy (non-hydrogen) atoms. The number of nitrogens with zero attached hydrogens (tertiary/aromatic N) is 2. The van der Waals surface area contributed by atoms with Gasteiger partial charge in [-0.2, -0.15) is 0 Å². The molecule has 2 N–H and O–H groups in total. The molecule has 166 valence electrons. The molecule has 0 aliphatic carbocycles. The van der Waals surface area contributed by atoms with Crippen molar-refractivity contribution in [3.63, 3.8) is 0 Å². The van der Waals surface area contributed by atoms with Crippen molar-refractivity contribution >= 4 is 29.9 Å². The molecule has 0 spiro atoms. The lowest BCUT2D eigenvalue weighted by atomic mass is 10.1. The van der Waals surface area contributed by atoms with Gasteiger partial charge in [0.25, 0.3) is 0 Å². The smallest absolute Gasteiger partial charge is 0.191 e. The van der Waals surface area contributed by atoms with Crippen LogP contribution in [0.3, 0.4) is 0 Å². The Bertz CT molecular complexity index is 745. The zero-order valence-corrected chi connectivity index (χ0v) is 20.4. The van der Waals surface area contributed by atoms with E-state index in [0.717, 1.165) is 37.9 Å². The number of likely N-dealkylation sites (tertiary alicyclic amines) is 1. The lowest BCUT2D eigenvalue weighted by Crippen LogP contribution is -2.42. The molecule has 2 aromatic rings. The average Bonchev–Trinajstić information content (AvgIpc) is 3.46. The molecule has 7 heteroatoms. The van der Waals surface area contributed by atoms with Gasteiger partial charge in [-0.1, -0.05) is 24.3 Å². The van der Waals surface area contributed by atoms with E-state index in [9.17, 15) is 0 Å². The second kappa shape index (κ2) is 13.7. The first kappa shape index (κ1) is 24.7. The minimum atomic E-state index is 0. The molecule has 0 saturated carbocycles. The Kier molecular flexibility index (Phi) is 11.2. The Balaban J connectivity index is 0.00000320. The first-order valence-corrected chi connectivity index (χ1v) is 10.8. The third kappa shape index (κ3) is 7.28. The van der Waals surface area contributed by atoms with Crippen LogP contribution in [-0.4, -0.2) is 43.6 Å². The monoisotopic (exact) mass is 526 g/mol. The molecular formula is C23H35IN4O2. The zero-order valence-electron chi connectivity index (χ0n) is 18.1. The van der Waals surface area contributed by atoms with Gasteiger partial charge in [0.05, 0.1) is 25.5 Å². The Labute approximate surface area is 197 Å². The van der Waals surface area contributed by atoms with Crippen LogP contribution >= 0.6 is 24.0 Å². The predicted molar refractivity (Wildman–Crippen MR) is 132 cm³/mol. The Morgan fingerprint density at radius 3 is 2.53 bits per heavy atom. The maximum Gasteiger partial charge on any atom is 0.191 e. The Morgan fingerprint density at radius 2 is 1.87 bits per heavy atom. The number of furan rings is 1. The van der Waals surface area contributed by atoms with Gasteiger partial charge in [0.2, 0.25) is 0 Å². The SMILES string of the molecule is CCNC(=NCc1ccccc1COCC)NCC(c1ccco1)N1CCCC1.I. The second-order valence-corrected chi connectivity index (χ2v) is 7.26. The van der Waals surface area contributed by atoms with Crippen LogP contribution in [-0.2, 0) is 17.9 Å². The Hall–Kier alpha value is -1.58. The fourth-order valence-electron chi connectivity index (χ4n) is 3.71. The first-order chi connectivity index (χ1) is 14.3. The number of nitrogens with one attached hydrogen (secondary N) is 2. The molecule has 1 aromatic carbocycles. The van der Waals surface area contributed by atoms with Crippen molar-refractivity contribution in [3.05, 3.63) is 59.5 Å². The number of guanidine groups is 1. The fraction of sp³-hybridized carbons (Fsp3) is 0.522. The molecule has 1 aromatic heterocycles. The van der Waals surface area contributed by atoms with Crippen LogP contribution in [0.5, 0.6) is 0 Å². The first-order valence-electron chi connectivity index (χ1n) is 10.8. The normalized spacial score (nSPS) is 15.6. The van der Waals surface area contributed by atoms with E-state index >= 15 is 0 Å². The molecular weight excluding hydrogens is 491 g/mol. The fourth-order valence-corrected chi connectivity index (χ4v) is 3.71. The van der Waals surface area contributed by atoms with Crippen LogP contribution in [0, 0.1) is 0 Å². The molecule has 0 radical (unpaired) electrons. The van der Waals surface area contributed by atoms with Gasteiger partial charge >= 0.3 is 0 Å². The Morgan fingerprint density at radius 1 is 1.10 bits per heavy atom. The molecule has 1 fully saturated rings. The second-order valence-electron chi connectivity index (χ2n) is 7.26. The van der Waals surface area contributed by atoms with E-state index < -0.39 is 0 Å². The maximum atomic E-state index is 5.73. The highest BCUT2D eigenvalue weighted by Crippen LogP contribution is 2.24. The molecule has 1 atom stereocenters. The summed E-state index contributed by atoms with van der Waals surface area (Å²) in [6.45, 7) is 9.88. The van der Waals surface area contributed by atoms with E-state index in [1.54, 1.807) is 6.26 Å². The predicted octanol–water partition coefficient (Wildman–Crippen LogP) is 4.33. The molecule has 1 aliphatic heterocycles. The largest absolute Gasteiger partial charge is 0.468 e. The van der Waals surface area contributed by atoms with Gasteiger partial charge in [-0.25, -0.2) is 4.99 Å². The summed E-state index contributed by atoms with van der Waals surface area (Å²) in [4.78, 5) is 7.31. The summed E-state index contributed by atoms with van der Waals surface area (Å²) in [7, 11) is 0. The van der Waals surface area contributed by atoms with Crippen LogP contribution in [0.2, 0.25) is 0 Å². The van der Waals surface area contributed by atoms with Gasteiger partial charge in [-0.15, -0.1) is 24.0 Å².